The van der Waals surface area contributed by atoms with Crippen LogP contribution in [0.3, 0.4) is 0 Å². The molecule has 1 N–H and O–H groups in total. The molecule has 0 atom stereocenters. The van der Waals surface area contributed by atoms with E-state index in [1.165, 1.54) is 0 Å². The molecule has 8 heteroatoms. The van der Waals surface area contributed by atoms with Crippen molar-refractivity contribution in [1.82, 2.24) is 0 Å². The Labute approximate surface area is 158 Å². The number of aromatic hydroxyl groups is 1. The molecule has 0 aliphatic heterocycles. The Morgan fingerprint density at radius 3 is 2.26 bits per heavy atom. The molecule has 0 fully saturated rings. The fraction of sp³-hybridized carbons (Fsp3) is 0.0526. The van der Waals surface area contributed by atoms with Crippen LogP contribution < -0.4 is 0 Å². The number of phenolic OH excluding ortho intramolecular Hbond substituents is 1. The van der Waals surface area contributed by atoms with E-state index >= 15 is 0 Å². The third-order valence-electron chi connectivity index (χ3n) is 3.89. The topological polar surface area (TPSA) is 54.4 Å². The number of hydrogen-bond donors (Lipinski definition) is 1. The summed E-state index contributed by atoms with van der Waals surface area (Å²) in [7, 11) is -4.36. The quantitative estimate of drug-likeness (QED) is 0.648. The van der Waals surface area contributed by atoms with Gasteiger partial charge in [-0.1, -0.05) is 41.9 Å². The van der Waals surface area contributed by atoms with Crippen LogP contribution >= 0.6 is 11.6 Å². The maximum atomic E-state index is 14.2. The molecule has 0 aromatic heterocycles. The van der Waals surface area contributed by atoms with Crippen LogP contribution in [0.15, 0.2) is 59.5 Å². The molecule has 0 unspecified atom stereocenters. The summed E-state index contributed by atoms with van der Waals surface area (Å²) in [5, 5.41) is 9.36. The maximum absolute atomic E-state index is 14.2. The molecular formula is C19H12ClF3O3S. The summed E-state index contributed by atoms with van der Waals surface area (Å²) in [6.07, 6.45) is 0. The van der Waals surface area contributed by atoms with E-state index in [0.717, 1.165) is 12.1 Å². The average molecular weight is 413 g/mol. The molecular weight excluding hydrogens is 401 g/mol. The lowest BCUT2D eigenvalue weighted by Gasteiger charge is -2.11. The van der Waals surface area contributed by atoms with E-state index in [2.05, 4.69) is 0 Å². The predicted molar refractivity (Wildman–Crippen MR) is 95.8 cm³/mol. The van der Waals surface area contributed by atoms with Crippen molar-refractivity contribution >= 4 is 21.4 Å². The van der Waals surface area contributed by atoms with Crippen molar-refractivity contribution in [1.29, 1.82) is 0 Å². The van der Waals surface area contributed by atoms with Crippen LogP contribution in [0.4, 0.5) is 13.2 Å². The fourth-order valence-electron chi connectivity index (χ4n) is 2.61. The van der Waals surface area contributed by atoms with Crippen molar-refractivity contribution < 1.29 is 26.7 Å². The molecule has 0 saturated heterocycles. The van der Waals surface area contributed by atoms with Crippen LogP contribution in [-0.2, 0) is 15.6 Å². The Kier molecular flexibility index (Phi) is 5.17. The molecule has 0 aliphatic rings. The molecule has 3 aromatic carbocycles. The Morgan fingerprint density at radius 2 is 1.59 bits per heavy atom. The second kappa shape index (κ2) is 7.25. The molecule has 3 nitrogen and oxygen atoms in total. The van der Waals surface area contributed by atoms with Crippen LogP contribution in [0, 0.1) is 17.5 Å². The van der Waals surface area contributed by atoms with Crippen molar-refractivity contribution in [2.45, 2.75) is 10.6 Å². The van der Waals surface area contributed by atoms with E-state index in [1.54, 1.807) is 30.3 Å². The summed E-state index contributed by atoms with van der Waals surface area (Å²) < 4.78 is 67.0. The number of sulfone groups is 1. The fourth-order valence-corrected chi connectivity index (χ4v) is 4.35. The van der Waals surface area contributed by atoms with Gasteiger partial charge in [-0.25, -0.2) is 21.6 Å². The first-order chi connectivity index (χ1) is 12.7. The molecule has 0 spiro atoms. The van der Waals surface area contributed by atoms with Crippen LogP contribution in [0.25, 0.3) is 11.1 Å². The molecule has 0 saturated carbocycles. The minimum atomic E-state index is -4.36. The van der Waals surface area contributed by atoms with Crippen molar-refractivity contribution in [2.24, 2.45) is 0 Å². The standard InChI is InChI=1S/C19H12ClF3O3S/c20-15-7-13(21)8-18(19(15)24)27(25,26)10-12-6-14(17(23)9-16(12)22)11-4-2-1-3-5-11/h1-9,24H,10H2. The number of hydrogen-bond acceptors (Lipinski definition) is 3. The molecule has 3 aromatic rings. The van der Waals surface area contributed by atoms with Gasteiger partial charge in [-0.3, -0.25) is 0 Å². The Morgan fingerprint density at radius 1 is 0.926 bits per heavy atom. The zero-order chi connectivity index (χ0) is 19.8. The minimum absolute atomic E-state index is 0.0173. The number of rotatable bonds is 4. The van der Waals surface area contributed by atoms with Gasteiger partial charge in [0.1, 0.15) is 22.3 Å². The SMILES string of the molecule is O=S(=O)(Cc1cc(-c2ccccc2)c(F)cc1F)c1cc(F)cc(Cl)c1O. The molecule has 3 rings (SSSR count). The van der Waals surface area contributed by atoms with Gasteiger partial charge in [0.15, 0.2) is 15.6 Å². The summed E-state index contributed by atoms with van der Waals surface area (Å²) in [5.41, 5.74) is 0.129. The summed E-state index contributed by atoms with van der Waals surface area (Å²) in [6, 6.07) is 11.2. The van der Waals surface area contributed by atoms with Gasteiger partial charge in [0, 0.05) is 17.2 Å². The van der Waals surface area contributed by atoms with Gasteiger partial charge < -0.3 is 5.11 Å². The number of benzene rings is 3. The normalized spacial score (nSPS) is 11.6. The van der Waals surface area contributed by atoms with E-state index in [4.69, 9.17) is 11.6 Å². The van der Waals surface area contributed by atoms with Gasteiger partial charge in [0.05, 0.1) is 10.8 Å². The van der Waals surface area contributed by atoms with Gasteiger partial charge in [0.2, 0.25) is 0 Å². The number of halogens is 4. The van der Waals surface area contributed by atoms with Gasteiger partial charge in [0.25, 0.3) is 0 Å². The first kappa shape index (κ1) is 19.3. The van der Waals surface area contributed by atoms with E-state index in [1.807, 2.05) is 0 Å². The monoisotopic (exact) mass is 412 g/mol. The minimum Gasteiger partial charge on any atom is -0.505 e. The zero-order valence-electron chi connectivity index (χ0n) is 13.6. The molecule has 140 valence electrons. The van der Waals surface area contributed by atoms with E-state index in [9.17, 15) is 26.7 Å². The highest BCUT2D eigenvalue weighted by atomic mass is 35.5. The van der Waals surface area contributed by atoms with Gasteiger partial charge >= 0.3 is 0 Å². The second-order valence-electron chi connectivity index (χ2n) is 5.78. The Balaban J connectivity index is 2.08. The van der Waals surface area contributed by atoms with Crippen molar-refractivity contribution in [3.63, 3.8) is 0 Å². The maximum Gasteiger partial charge on any atom is 0.186 e. The van der Waals surface area contributed by atoms with E-state index in [-0.39, 0.29) is 11.1 Å². The lowest BCUT2D eigenvalue weighted by atomic mass is 10.0. The second-order valence-corrected chi connectivity index (χ2v) is 8.15. The highest BCUT2D eigenvalue weighted by Gasteiger charge is 2.25. The first-order valence-electron chi connectivity index (χ1n) is 7.63. The summed E-state index contributed by atoms with van der Waals surface area (Å²) >= 11 is 5.61. The highest BCUT2D eigenvalue weighted by molar-refractivity contribution is 7.90. The largest absolute Gasteiger partial charge is 0.505 e. The third-order valence-corrected chi connectivity index (χ3v) is 5.86. The molecule has 0 heterocycles. The van der Waals surface area contributed by atoms with Gasteiger partial charge in [-0.15, -0.1) is 0 Å². The van der Waals surface area contributed by atoms with Crippen LogP contribution in [-0.4, -0.2) is 13.5 Å². The lowest BCUT2D eigenvalue weighted by molar-refractivity contribution is 0.455. The third kappa shape index (κ3) is 3.94. The molecule has 0 bridgehead atoms. The van der Waals surface area contributed by atoms with Crippen molar-refractivity contribution in [2.75, 3.05) is 0 Å². The molecule has 0 amide bonds. The summed E-state index contributed by atoms with van der Waals surface area (Å²) in [5.74, 6) is -4.63. The smallest absolute Gasteiger partial charge is 0.186 e. The summed E-state index contributed by atoms with van der Waals surface area (Å²) in [4.78, 5) is -0.766. The van der Waals surface area contributed by atoms with Crippen molar-refractivity contribution in [3.05, 3.63) is 82.6 Å². The first-order valence-corrected chi connectivity index (χ1v) is 9.66. The Bertz CT molecular complexity index is 1120. The van der Waals surface area contributed by atoms with Gasteiger partial charge in [-0.2, -0.15) is 0 Å². The highest BCUT2D eigenvalue weighted by Crippen LogP contribution is 2.35. The zero-order valence-corrected chi connectivity index (χ0v) is 15.2. The Hall–Kier alpha value is -2.51. The van der Waals surface area contributed by atoms with Crippen LogP contribution in [0.5, 0.6) is 5.75 Å². The lowest BCUT2D eigenvalue weighted by Crippen LogP contribution is -2.08. The average Bonchev–Trinajstić information content (AvgIpc) is 2.61. The van der Waals surface area contributed by atoms with Crippen LogP contribution in [0.2, 0.25) is 5.02 Å². The van der Waals surface area contributed by atoms with Crippen molar-refractivity contribution in [3.8, 4) is 16.9 Å². The number of phenols is 1. The molecule has 0 aliphatic carbocycles. The molecule has 27 heavy (non-hydrogen) atoms. The van der Waals surface area contributed by atoms with E-state index < -0.39 is 48.7 Å². The van der Waals surface area contributed by atoms with Gasteiger partial charge in [-0.05, 0) is 23.8 Å². The van der Waals surface area contributed by atoms with E-state index in [0.29, 0.717) is 17.7 Å². The molecule has 0 radical (unpaired) electrons. The van der Waals surface area contributed by atoms with Crippen LogP contribution in [0.1, 0.15) is 5.56 Å². The predicted octanol–water partition coefficient (Wildman–Crippen LogP) is 5.10. The summed E-state index contributed by atoms with van der Waals surface area (Å²) in [6.45, 7) is 0.